The number of rotatable bonds is 5. The lowest BCUT2D eigenvalue weighted by Crippen LogP contribution is -2.34. The van der Waals surface area contributed by atoms with Crippen LogP contribution >= 0.6 is 0 Å². The molecule has 1 heterocycles. The standard InChI is InChI=1S/C16H24N4/c1-16(2,14-5-7-15(17)8-6-14)12-19(3)10-13-9-18-20(4)11-13/h5-9,11H,10,12,17H2,1-4H3. The van der Waals surface area contributed by atoms with Crippen molar-refractivity contribution >= 4 is 5.69 Å². The maximum absolute atomic E-state index is 5.76. The van der Waals surface area contributed by atoms with Crippen molar-refractivity contribution in [3.05, 3.63) is 47.8 Å². The minimum atomic E-state index is 0.0880. The van der Waals surface area contributed by atoms with E-state index in [0.29, 0.717) is 0 Å². The number of hydrogen-bond acceptors (Lipinski definition) is 3. The van der Waals surface area contributed by atoms with E-state index < -0.39 is 0 Å². The van der Waals surface area contributed by atoms with Crippen LogP contribution in [0.2, 0.25) is 0 Å². The van der Waals surface area contributed by atoms with E-state index in [0.717, 1.165) is 18.8 Å². The minimum Gasteiger partial charge on any atom is -0.399 e. The van der Waals surface area contributed by atoms with Gasteiger partial charge in [0, 0.05) is 43.0 Å². The number of anilines is 1. The van der Waals surface area contributed by atoms with Crippen LogP contribution in [0.3, 0.4) is 0 Å². The van der Waals surface area contributed by atoms with Crippen LogP contribution in [0.4, 0.5) is 5.69 Å². The number of nitrogens with zero attached hydrogens (tertiary/aromatic N) is 3. The Morgan fingerprint density at radius 3 is 2.45 bits per heavy atom. The molecule has 0 fully saturated rings. The van der Waals surface area contributed by atoms with Crippen molar-refractivity contribution in [1.82, 2.24) is 14.7 Å². The second-order valence-electron chi connectivity index (χ2n) is 6.20. The van der Waals surface area contributed by atoms with E-state index in [1.54, 1.807) is 0 Å². The Morgan fingerprint density at radius 1 is 1.25 bits per heavy atom. The summed E-state index contributed by atoms with van der Waals surface area (Å²) in [6, 6.07) is 8.18. The molecular formula is C16H24N4. The number of nitrogen functional groups attached to an aromatic ring is 1. The average Bonchev–Trinajstić information content (AvgIpc) is 2.74. The number of likely N-dealkylation sites (N-methyl/N-ethyl adjacent to an activating group) is 1. The molecule has 0 saturated carbocycles. The smallest absolute Gasteiger partial charge is 0.0534 e. The highest BCUT2D eigenvalue weighted by Crippen LogP contribution is 2.25. The summed E-state index contributed by atoms with van der Waals surface area (Å²) in [5.41, 5.74) is 9.21. The van der Waals surface area contributed by atoms with Crippen LogP contribution < -0.4 is 5.73 Å². The van der Waals surface area contributed by atoms with Crippen LogP contribution in [0.15, 0.2) is 36.7 Å². The molecule has 0 radical (unpaired) electrons. The van der Waals surface area contributed by atoms with Crippen molar-refractivity contribution in [3.8, 4) is 0 Å². The first kappa shape index (κ1) is 14.6. The van der Waals surface area contributed by atoms with Gasteiger partial charge in [-0.1, -0.05) is 26.0 Å². The summed E-state index contributed by atoms with van der Waals surface area (Å²) in [5, 5.41) is 4.21. The van der Waals surface area contributed by atoms with Gasteiger partial charge in [0.15, 0.2) is 0 Å². The molecule has 0 aliphatic carbocycles. The fraction of sp³-hybridized carbons (Fsp3) is 0.438. The van der Waals surface area contributed by atoms with Gasteiger partial charge in [-0.3, -0.25) is 4.68 Å². The lowest BCUT2D eigenvalue weighted by Gasteiger charge is -2.30. The van der Waals surface area contributed by atoms with Crippen LogP contribution in [-0.4, -0.2) is 28.3 Å². The normalized spacial score (nSPS) is 12.1. The molecule has 0 saturated heterocycles. The number of aromatic nitrogens is 2. The topological polar surface area (TPSA) is 47.1 Å². The molecule has 4 heteroatoms. The zero-order valence-corrected chi connectivity index (χ0v) is 12.8. The van der Waals surface area contributed by atoms with Gasteiger partial charge < -0.3 is 10.6 Å². The molecule has 1 aromatic heterocycles. The van der Waals surface area contributed by atoms with Gasteiger partial charge in [0.25, 0.3) is 0 Å². The Morgan fingerprint density at radius 2 is 1.90 bits per heavy atom. The summed E-state index contributed by atoms with van der Waals surface area (Å²) in [7, 11) is 4.09. The number of hydrogen-bond donors (Lipinski definition) is 1. The molecule has 0 aliphatic rings. The SMILES string of the molecule is CN(Cc1cnn(C)c1)CC(C)(C)c1ccc(N)cc1. The Bertz CT molecular complexity index is 554. The zero-order valence-electron chi connectivity index (χ0n) is 12.8. The second kappa shape index (κ2) is 5.67. The highest BCUT2D eigenvalue weighted by molar-refractivity contribution is 5.41. The van der Waals surface area contributed by atoms with E-state index in [-0.39, 0.29) is 5.41 Å². The molecular weight excluding hydrogens is 248 g/mol. The lowest BCUT2D eigenvalue weighted by atomic mass is 9.84. The average molecular weight is 272 g/mol. The first-order chi connectivity index (χ1) is 9.37. The van der Waals surface area contributed by atoms with Crippen LogP contribution in [0.1, 0.15) is 25.0 Å². The van der Waals surface area contributed by atoms with E-state index in [4.69, 9.17) is 5.73 Å². The molecule has 2 rings (SSSR count). The summed E-state index contributed by atoms with van der Waals surface area (Å²) in [4.78, 5) is 2.33. The third-order valence-corrected chi connectivity index (χ3v) is 3.57. The quantitative estimate of drug-likeness (QED) is 0.850. The third kappa shape index (κ3) is 3.61. The van der Waals surface area contributed by atoms with Gasteiger partial charge >= 0.3 is 0 Å². The first-order valence-electron chi connectivity index (χ1n) is 6.89. The van der Waals surface area contributed by atoms with Gasteiger partial charge in [-0.25, -0.2) is 0 Å². The van der Waals surface area contributed by atoms with Crippen molar-refractivity contribution in [2.45, 2.75) is 25.8 Å². The van der Waals surface area contributed by atoms with E-state index in [1.807, 2.05) is 30.1 Å². The van der Waals surface area contributed by atoms with E-state index in [2.05, 4.69) is 49.2 Å². The molecule has 0 aliphatic heterocycles. The van der Waals surface area contributed by atoms with Crippen molar-refractivity contribution < 1.29 is 0 Å². The van der Waals surface area contributed by atoms with E-state index >= 15 is 0 Å². The largest absolute Gasteiger partial charge is 0.399 e. The Hall–Kier alpha value is -1.81. The van der Waals surface area contributed by atoms with Crippen LogP contribution in [-0.2, 0) is 19.0 Å². The van der Waals surface area contributed by atoms with Crippen LogP contribution in [0.25, 0.3) is 0 Å². The molecule has 0 bridgehead atoms. The first-order valence-corrected chi connectivity index (χ1v) is 6.89. The molecule has 0 spiro atoms. The molecule has 0 atom stereocenters. The highest BCUT2D eigenvalue weighted by atomic mass is 15.2. The van der Waals surface area contributed by atoms with E-state index in [9.17, 15) is 0 Å². The molecule has 4 nitrogen and oxygen atoms in total. The van der Waals surface area contributed by atoms with Crippen molar-refractivity contribution in [3.63, 3.8) is 0 Å². The molecule has 20 heavy (non-hydrogen) atoms. The number of aryl methyl sites for hydroxylation is 1. The Kier molecular flexibility index (Phi) is 4.14. The van der Waals surface area contributed by atoms with Gasteiger partial charge in [-0.05, 0) is 24.7 Å². The monoisotopic (exact) mass is 272 g/mol. The number of benzene rings is 1. The lowest BCUT2D eigenvalue weighted by molar-refractivity contribution is 0.261. The second-order valence-corrected chi connectivity index (χ2v) is 6.20. The molecule has 108 valence electrons. The predicted molar refractivity (Wildman–Crippen MR) is 83.4 cm³/mol. The summed E-state index contributed by atoms with van der Waals surface area (Å²) in [6.45, 7) is 6.41. The Balaban J connectivity index is 2.01. The molecule has 2 aromatic rings. The summed E-state index contributed by atoms with van der Waals surface area (Å²) in [6.07, 6.45) is 3.99. The molecule has 0 amide bonds. The Labute approximate surface area is 121 Å². The summed E-state index contributed by atoms with van der Waals surface area (Å²) < 4.78 is 1.84. The number of nitrogens with two attached hydrogens (primary N) is 1. The van der Waals surface area contributed by atoms with Gasteiger partial charge in [0.05, 0.1) is 6.20 Å². The van der Waals surface area contributed by atoms with Gasteiger partial charge in [0.2, 0.25) is 0 Å². The van der Waals surface area contributed by atoms with Crippen LogP contribution in [0, 0.1) is 0 Å². The summed E-state index contributed by atoms with van der Waals surface area (Å²) in [5.74, 6) is 0. The maximum atomic E-state index is 5.76. The molecule has 1 aromatic carbocycles. The summed E-state index contributed by atoms with van der Waals surface area (Å²) >= 11 is 0. The predicted octanol–water partition coefficient (Wildman–Crippen LogP) is 2.41. The van der Waals surface area contributed by atoms with E-state index in [1.165, 1.54) is 11.1 Å². The van der Waals surface area contributed by atoms with Gasteiger partial charge in [0.1, 0.15) is 0 Å². The highest BCUT2D eigenvalue weighted by Gasteiger charge is 2.22. The third-order valence-electron chi connectivity index (χ3n) is 3.57. The zero-order chi connectivity index (χ0) is 14.8. The van der Waals surface area contributed by atoms with Crippen molar-refractivity contribution in [2.75, 3.05) is 19.3 Å². The van der Waals surface area contributed by atoms with Crippen molar-refractivity contribution in [2.24, 2.45) is 7.05 Å². The molecule has 0 unspecified atom stereocenters. The minimum absolute atomic E-state index is 0.0880. The van der Waals surface area contributed by atoms with Crippen molar-refractivity contribution in [1.29, 1.82) is 0 Å². The van der Waals surface area contributed by atoms with Gasteiger partial charge in [-0.2, -0.15) is 5.10 Å². The molecule has 2 N–H and O–H groups in total. The fourth-order valence-electron chi connectivity index (χ4n) is 2.62. The van der Waals surface area contributed by atoms with Crippen LogP contribution in [0.5, 0.6) is 0 Å². The van der Waals surface area contributed by atoms with Gasteiger partial charge in [-0.15, -0.1) is 0 Å². The maximum Gasteiger partial charge on any atom is 0.0534 e. The fourth-order valence-corrected chi connectivity index (χ4v) is 2.62.